The second-order valence-corrected chi connectivity index (χ2v) is 6.70. The second-order valence-electron chi connectivity index (χ2n) is 6.26. The molecular weight excluding hydrogens is 360 g/mol. The van der Waals surface area contributed by atoms with E-state index in [1.807, 2.05) is 55.5 Å². The lowest BCUT2D eigenvalue weighted by Gasteiger charge is -2.08. The first kappa shape index (κ1) is 18.9. The minimum absolute atomic E-state index is 0.223. The van der Waals surface area contributed by atoms with Crippen molar-refractivity contribution in [3.63, 3.8) is 0 Å². The highest BCUT2D eigenvalue weighted by molar-refractivity contribution is 6.30. The Morgan fingerprint density at radius 3 is 2.44 bits per heavy atom. The smallest absolute Gasteiger partial charge is 0.270 e. The van der Waals surface area contributed by atoms with Gasteiger partial charge in [-0.15, -0.1) is 0 Å². The van der Waals surface area contributed by atoms with Gasteiger partial charge in [0, 0.05) is 24.2 Å². The molecule has 0 atom stereocenters. The molecule has 1 aromatic heterocycles. The van der Waals surface area contributed by atoms with Crippen LogP contribution in [0.4, 0.5) is 5.82 Å². The van der Waals surface area contributed by atoms with Crippen LogP contribution in [0.1, 0.15) is 27.2 Å². The van der Waals surface area contributed by atoms with Gasteiger partial charge in [-0.1, -0.05) is 53.6 Å². The summed E-state index contributed by atoms with van der Waals surface area (Å²) in [6, 6.07) is 17.4. The van der Waals surface area contributed by atoms with Crippen molar-refractivity contribution in [3.8, 4) is 0 Å². The quantitative estimate of drug-likeness (QED) is 0.649. The van der Waals surface area contributed by atoms with Gasteiger partial charge in [-0.2, -0.15) is 0 Å². The van der Waals surface area contributed by atoms with Crippen molar-refractivity contribution < 1.29 is 4.79 Å². The number of carbonyl (C=O) groups excluding carboxylic acids is 1. The van der Waals surface area contributed by atoms with Crippen LogP contribution < -0.4 is 10.6 Å². The van der Waals surface area contributed by atoms with Gasteiger partial charge in [0.15, 0.2) is 0 Å². The number of anilines is 1. The van der Waals surface area contributed by atoms with Crippen LogP contribution in [-0.4, -0.2) is 22.4 Å². The Morgan fingerprint density at radius 1 is 1.00 bits per heavy atom. The lowest BCUT2D eigenvalue weighted by Crippen LogP contribution is -2.24. The Hall–Kier alpha value is -2.92. The highest BCUT2D eigenvalue weighted by atomic mass is 35.5. The summed E-state index contributed by atoms with van der Waals surface area (Å²) in [7, 11) is 0. The van der Waals surface area contributed by atoms with Gasteiger partial charge in [0.1, 0.15) is 17.8 Å². The summed E-state index contributed by atoms with van der Waals surface area (Å²) in [4.78, 5) is 20.6. The number of benzene rings is 2. The lowest BCUT2D eigenvalue weighted by molar-refractivity contribution is 0.0946. The van der Waals surface area contributed by atoms with E-state index in [4.69, 9.17) is 11.6 Å². The summed E-state index contributed by atoms with van der Waals surface area (Å²) in [6.07, 6.45) is 2.22. The van der Waals surface area contributed by atoms with Crippen molar-refractivity contribution in [2.24, 2.45) is 0 Å². The molecule has 0 saturated carbocycles. The van der Waals surface area contributed by atoms with Gasteiger partial charge in [0.25, 0.3) is 5.91 Å². The zero-order valence-corrected chi connectivity index (χ0v) is 15.8. The van der Waals surface area contributed by atoms with Gasteiger partial charge >= 0.3 is 0 Å². The molecule has 0 fully saturated rings. The molecule has 0 saturated heterocycles. The van der Waals surface area contributed by atoms with Crippen LogP contribution in [0.25, 0.3) is 0 Å². The van der Waals surface area contributed by atoms with Gasteiger partial charge in [-0.25, -0.2) is 9.97 Å². The number of nitrogens with zero attached hydrogens (tertiary/aromatic N) is 2. The van der Waals surface area contributed by atoms with E-state index >= 15 is 0 Å². The molecule has 2 N–H and O–H groups in total. The largest absolute Gasteiger partial charge is 0.370 e. The number of hydrogen-bond acceptors (Lipinski definition) is 4. The van der Waals surface area contributed by atoms with Crippen LogP contribution in [0.5, 0.6) is 0 Å². The lowest BCUT2D eigenvalue weighted by atomic mass is 10.1. The standard InChI is InChI=1S/C21H21ClN4O/c1-15-2-4-17(5-3-15)13-24-21(27)19-12-20(26-14-25-19)23-11-10-16-6-8-18(22)9-7-16/h2-9,12,14H,10-11,13H2,1H3,(H,24,27)(H,23,25,26). The maximum atomic E-state index is 12.3. The molecule has 3 aromatic rings. The average Bonchev–Trinajstić information content (AvgIpc) is 2.69. The zero-order valence-electron chi connectivity index (χ0n) is 15.1. The maximum Gasteiger partial charge on any atom is 0.270 e. The highest BCUT2D eigenvalue weighted by Crippen LogP contribution is 2.11. The van der Waals surface area contributed by atoms with Crippen LogP contribution >= 0.6 is 11.6 Å². The average molecular weight is 381 g/mol. The fraction of sp³-hybridized carbons (Fsp3) is 0.190. The number of aryl methyl sites for hydroxylation is 1. The normalized spacial score (nSPS) is 10.4. The SMILES string of the molecule is Cc1ccc(CNC(=O)c2cc(NCCc3ccc(Cl)cc3)ncn2)cc1. The molecule has 0 aliphatic rings. The minimum Gasteiger partial charge on any atom is -0.370 e. The number of halogens is 1. The van der Waals surface area contributed by atoms with Gasteiger partial charge in [0.2, 0.25) is 0 Å². The summed E-state index contributed by atoms with van der Waals surface area (Å²) in [5, 5.41) is 6.82. The predicted octanol–water partition coefficient (Wildman–Crippen LogP) is 4.02. The molecule has 0 aliphatic heterocycles. The summed E-state index contributed by atoms with van der Waals surface area (Å²) in [5.74, 6) is 0.401. The summed E-state index contributed by atoms with van der Waals surface area (Å²) in [6.45, 7) is 3.19. The first-order valence-electron chi connectivity index (χ1n) is 8.74. The van der Waals surface area contributed by atoms with E-state index in [0.29, 0.717) is 24.6 Å². The Bertz CT molecular complexity index is 895. The van der Waals surface area contributed by atoms with Crippen LogP contribution in [0.3, 0.4) is 0 Å². The number of aromatic nitrogens is 2. The van der Waals surface area contributed by atoms with Crippen molar-refractivity contribution in [1.82, 2.24) is 15.3 Å². The van der Waals surface area contributed by atoms with Crippen molar-refractivity contribution >= 4 is 23.3 Å². The monoisotopic (exact) mass is 380 g/mol. The number of amides is 1. The fourth-order valence-corrected chi connectivity index (χ4v) is 2.67. The van der Waals surface area contributed by atoms with E-state index in [1.54, 1.807) is 6.07 Å². The van der Waals surface area contributed by atoms with E-state index in [2.05, 4.69) is 20.6 Å². The Labute approximate surface area is 163 Å². The molecule has 0 unspecified atom stereocenters. The van der Waals surface area contributed by atoms with Crippen molar-refractivity contribution in [2.75, 3.05) is 11.9 Å². The van der Waals surface area contributed by atoms with Crippen LogP contribution in [0.15, 0.2) is 60.9 Å². The van der Waals surface area contributed by atoms with Crippen LogP contribution in [0, 0.1) is 6.92 Å². The van der Waals surface area contributed by atoms with Gasteiger partial charge in [0.05, 0.1) is 0 Å². The molecule has 3 rings (SSSR count). The summed E-state index contributed by atoms with van der Waals surface area (Å²) >= 11 is 5.89. The van der Waals surface area contributed by atoms with E-state index in [-0.39, 0.29) is 5.91 Å². The Kier molecular flexibility index (Phi) is 6.39. The van der Waals surface area contributed by atoms with E-state index in [0.717, 1.165) is 17.0 Å². The fourth-order valence-electron chi connectivity index (χ4n) is 2.54. The molecule has 1 amide bonds. The molecule has 0 spiro atoms. The summed E-state index contributed by atoms with van der Waals surface area (Å²) in [5.41, 5.74) is 3.75. The van der Waals surface area contributed by atoms with Crippen LogP contribution in [0.2, 0.25) is 5.02 Å². The topological polar surface area (TPSA) is 66.9 Å². The molecular formula is C21H21ClN4O. The van der Waals surface area contributed by atoms with Crippen molar-refractivity contribution in [2.45, 2.75) is 19.9 Å². The van der Waals surface area contributed by atoms with Gasteiger partial charge in [-0.3, -0.25) is 4.79 Å². The van der Waals surface area contributed by atoms with E-state index in [9.17, 15) is 4.79 Å². The molecule has 27 heavy (non-hydrogen) atoms. The molecule has 0 aliphatic carbocycles. The third kappa shape index (κ3) is 5.79. The molecule has 1 heterocycles. The van der Waals surface area contributed by atoms with Gasteiger partial charge < -0.3 is 10.6 Å². The molecule has 0 bridgehead atoms. The Morgan fingerprint density at radius 2 is 1.70 bits per heavy atom. The number of nitrogens with one attached hydrogen (secondary N) is 2. The zero-order chi connectivity index (χ0) is 19.1. The third-order valence-electron chi connectivity index (χ3n) is 4.11. The van der Waals surface area contributed by atoms with Crippen LogP contribution in [-0.2, 0) is 13.0 Å². The molecule has 138 valence electrons. The van der Waals surface area contributed by atoms with E-state index < -0.39 is 0 Å². The maximum absolute atomic E-state index is 12.3. The molecule has 0 radical (unpaired) electrons. The van der Waals surface area contributed by atoms with Crippen molar-refractivity contribution in [1.29, 1.82) is 0 Å². The number of rotatable bonds is 7. The second kappa shape index (κ2) is 9.14. The first-order valence-corrected chi connectivity index (χ1v) is 9.12. The highest BCUT2D eigenvalue weighted by Gasteiger charge is 2.08. The minimum atomic E-state index is -0.223. The molecule has 2 aromatic carbocycles. The Balaban J connectivity index is 1.52. The van der Waals surface area contributed by atoms with E-state index in [1.165, 1.54) is 17.5 Å². The van der Waals surface area contributed by atoms with Gasteiger partial charge in [-0.05, 0) is 36.6 Å². The number of hydrogen-bond donors (Lipinski definition) is 2. The molecule has 6 heteroatoms. The summed E-state index contributed by atoms with van der Waals surface area (Å²) < 4.78 is 0. The first-order chi connectivity index (χ1) is 13.1. The van der Waals surface area contributed by atoms with Crippen molar-refractivity contribution in [3.05, 3.63) is 88.3 Å². The predicted molar refractivity (Wildman–Crippen MR) is 108 cm³/mol. The molecule has 5 nitrogen and oxygen atoms in total. The third-order valence-corrected chi connectivity index (χ3v) is 4.36. The number of carbonyl (C=O) groups is 1.